The van der Waals surface area contributed by atoms with E-state index in [1.54, 1.807) is 0 Å². The summed E-state index contributed by atoms with van der Waals surface area (Å²) >= 11 is 0. The fourth-order valence-electron chi connectivity index (χ4n) is 2.43. The van der Waals surface area contributed by atoms with E-state index in [9.17, 15) is 0 Å². The standard InChI is InChI=1S/C17H27N3/c1-5-18-17(20-16-11-14(16)4)19-9-8-15-7-6-12(2)10-13(15)3/h6-7,10,14,16H,5,8-9,11H2,1-4H3,(H2,18,19,20). The van der Waals surface area contributed by atoms with E-state index >= 15 is 0 Å². The quantitative estimate of drug-likeness (QED) is 0.639. The summed E-state index contributed by atoms with van der Waals surface area (Å²) in [6.45, 7) is 10.5. The number of rotatable bonds is 5. The average molecular weight is 273 g/mol. The molecule has 0 saturated heterocycles. The number of aryl methyl sites for hydroxylation is 2. The maximum absolute atomic E-state index is 4.68. The van der Waals surface area contributed by atoms with E-state index < -0.39 is 0 Å². The maximum atomic E-state index is 4.68. The van der Waals surface area contributed by atoms with Crippen molar-refractivity contribution in [1.82, 2.24) is 10.6 Å². The minimum Gasteiger partial charge on any atom is -0.357 e. The molecule has 0 aromatic heterocycles. The van der Waals surface area contributed by atoms with Crippen LogP contribution in [-0.2, 0) is 6.42 Å². The van der Waals surface area contributed by atoms with Gasteiger partial charge in [0.05, 0.1) is 0 Å². The highest BCUT2D eigenvalue weighted by Gasteiger charge is 2.33. The Bertz CT molecular complexity index is 479. The lowest BCUT2D eigenvalue weighted by molar-refractivity contribution is 0.765. The van der Waals surface area contributed by atoms with Crippen LogP contribution in [0.4, 0.5) is 0 Å². The molecule has 3 nitrogen and oxygen atoms in total. The van der Waals surface area contributed by atoms with Gasteiger partial charge in [0.25, 0.3) is 0 Å². The molecule has 1 aliphatic rings. The Morgan fingerprint density at radius 2 is 2.10 bits per heavy atom. The second kappa shape index (κ2) is 6.78. The first-order valence-electron chi connectivity index (χ1n) is 7.71. The molecule has 1 saturated carbocycles. The molecule has 0 aliphatic heterocycles. The summed E-state index contributed by atoms with van der Waals surface area (Å²) in [4.78, 5) is 4.68. The van der Waals surface area contributed by atoms with Gasteiger partial charge in [-0.1, -0.05) is 30.7 Å². The zero-order valence-electron chi connectivity index (χ0n) is 13.2. The highest BCUT2D eigenvalue weighted by Crippen LogP contribution is 2.28. The summed E-state index contributed by atoms with van der Waals surface area (Å²) in [7, 11) is 0. The normalized spacial score (nSPS) is 21.7. The summed E-state index contributed by atoms with van der Waals surface area (Å²) in [5.74, 6) is 1.75. The van der Waals surface area contributed by atoms with E-state index in [2.05, 4.69) is 61.5 Å². The van der Waals surface area contributed by atoms with E-state index in [4.69, 9.17) is 0 Å². The van der Waals surface area contributed by atoms with Crippen LogP contribution < -0.4 is 10.6 Å². The first-order valence-corrected chi connectivity index (χ1v) is 7.71. The monoisotopic (exact) mass is 273 g/mol. The van der Waals surface area contributed by atoms with Crippen molar-refractivity contribution >= 4 is 5.96 Å². The molecule has 0 radical (unpaired) electrons. The SMILES string of the molecule is CCNC(=NCCc1ccc(C)cc1C)NC1CC1C. The van der Waals surface area contributed by atoms with E-state index in [0.29, 0.717) is 6.04 Å². The molecule has 1 aromatic rings. The van der Waals surface area contributed by atoms with Crippen LogP contribution in [0.15, 0.2) is 23.2 Å². The summed E-state index contributed by atoms with van der Waals surface area (Å²) in [5, 5.41) is 6.81. The van der Waals surface area contributed by atoms with Crippen LogP contribution in [0.3, 0.4) is 0 Å². The van der Waals surface area contributed by atoms with Crippen molar-refractivity contribution in [3.05, 3.63) is 34.9 Å². The molecule has 2 unspecified atom stereocenters. The molecule has 1 aliphatic carbocycles. The van der Waals surface area contributed by atoms with Crippen LogP contribution in [0.25, 0.3) is 0 Å². The zero-order chi connectivity index (χ0) is 14.5. The lowest BCUT2D eigenvalue weighted by atomic mass is 10.0. The van der Waals surface area contributed by atoms with Gasteiger partial charge in [0.2, 0.25) is 0 Å². The van der Waals surface area contributed by atoms with Crippen molar-refractivity contribution < 1.29 is 0 Å². The molecular formula is C17H27N3. The van der Waals surface area contributed by atoms with Gasteiger partial charge in [-0.25, -0.2) is 0 Å². The Balaban J connectivity index is 1.88. The number of benzene rings is 1. The van der Waals surface area contributed by atoms with Crippen molar-refractivity contribution in [2.75, 3.05) is 13.1 Å². The van der Waals surface area contributed by atoms with Gasteiger partial charge in [-0.2, -0.15) is 0 Å². The van der Waals surface area contributed by atoms with E-state index in [1.165, 1.54) is 23.1 Å². The summed E-state index contributed by atoms with van der Waals surface area (Å²) < 4.78 is 0. The smallest absolute Gasteiger partial charge is 0.191 e. The highest BCUT2D eigenvalue weighted by molar-refractivity contribution is 5.80. The highest BCUT2D eigenvalue weighted by atomic mass is 15.2. The third-order valence-electron chi connectivity index (χ3n) is 3.92. The minimum atomic E-state index is 0.619. The van der Waals surface area contributed by atoms with E-state index in [0.717, 1.165) is 31.4 Å². The molecule has 2 N–H and O–H groups in total. The van der Waals surface area contributed by atoms with Gasteiger partial charge in [0, 0.05) is 19.1 Å². The van der Waals surface area contributed by atoms with Gasteiger partial charge >= 0.3 is 0 Å². The molecule has 2 rings (SSSR count). The first-order chi connectivity index (χ1) is 9.60. The van der Waals surface area contributed by atoms with Crippen molar-refractivity contribution in [3.63, 3.8) is 0 Å². The molecule has 1 fully saturated rings. The molecule has 0 heterocycles. The molecule has 1 aromatic carbocycles. The maximum Gasteiger partial charge on any atom is 0.191 e. The summed E-state index contributed by atoms with van der Waals surface area (Å²) in [6.07, 6.45) is 2.27. The Labute approximate surface area is 122 Å². The fourth-order valence-corrected chi connectivity index (χ4v) is 2.43. The molecular weight excluding hydrogens is 246 g/mol. The Kier molecular flexibility index (Phi) is 5.05. The first kappa shape index (κ1) is 14.9. The lowest BCUT2D eigenvalue weighted by Gasteiger charge is -2.11. The number of nitrogens with zero attached hydrogens (tertiary/aromatic N) is 1. The largest absolute Gasteiger partial charge is 0.357 e. The van der Waals surface area contributed by atoms with Crippen molar-refractivity contribution in [2.24, 2.45) is 10.9 Å². The second-order valence-corrected chi connectivity index (χ2v) is 5.90. The molecule has 2 atom stereocenters. The fraction of sp³-hybridized carbons (Fsp3) is 0.588. The topological polar surface area (TPSA) is 36.4 Å². The molecule has 3 heteroatoms. The summed E-state index contributed by atoms with van der Waals surface area (Å²) in [5.41, 5.74) is 4.09. The van der Waals surface area contributed by atoms with Gasteiger partial charge in [0.15, 0.2) is 5.96 Å². The van der Waals surface area contributed by atoms with Crippen LogP contribution in [0.1, 0.15) is 37.0 Å². The van der Waals surface area contributed by atoms with Crippen LogP contribution in [0, 0.1) is 19.8 Å². The number of hydrogen-bond donors (Lipinski definition) is 2. The minimum absolute atomic E-state index is 0.619. The Morgan fingerprint density at radius 3 is 2.70 bits per heavy atom. The van der Waals surface area contributed by atoms with Gasteiger partial charge in [-0.15, -0.1) is 0 Å². The van der Waals surface area contributed by atoms with Crippen molar-refractivity contribution in [2.45, 2.75) is 46.6 Å². The summed E-state index contributed by atoms with van der Waals surface area (Å²) in [6, 6.07) is 7.27. The van der Waals surface area contributed by atoms with Gasteiger partial charge in [-0.3, -0.25) is 4.99 Å². The van der Waals surface area contributed by atoms with Crippen molar-refractivity contribution in [3.8, 4) is 0 Å². The number of nitrogens with one attached hydrogen (secondary N) is 2. The predicted molar refractivity (Wildman–Crippen MR) is 86.3 cm³/mol. The van der Waals surface area contributed by atoms with Crippen LogP contribution in [0.2, 0.25) is 0 Å². The van der Waals surface area contributed by atoms with Gasteiger partial charge < -0.3 is 10.6 Å². The molecule has 0 spiro atoms. The predicted octanol–water partition coefficient (Wildman–Crippen LogP) is 2.81. The number of aliphatic imine (C=N–C) groups is 1. The number of hydrogen-bond acceptors (Lipinski definition) is 1. The van der Waals surface area contributed by atoms with Crippen molar-refractivity contribution in [1.29, 1.82) is 0 Å². The van der Waals surface area contributed by atoms with Gasteiger partial charge in [-0.05, 0) is 50.7 Å². The lowest BCUT2D eigenvalue weighted by Crippen LogP contribution is -2.39. The van der Waals surface area contributed by atoms with E-state index in [-0.39, 0.29) is 0 Å². The molecule has 20 heavy (non-hydrogen) atoms. The molecule has 0 amide bonds. The Hall–Kier alpha value is -1.51. The van der Waals surface area contributed by atoms with E-state index in [1.807, 2.05) is 0 Å². The third kappa shape index (κ3) is 4.26. The van der Waals surface area contributed by atoms with Crippen LogP contribution in [0.5, 0.6) is 0 Å². The van der Waals surface area contributed by atoms with Crippen LogP contribution >= 0.6 is 0 Å². The Morgan fingerprint density at radius 1 is 1.35 bits per heavy atom. The second-order valence-electron chi connectivity index (χ2n) is 5.90. The third-order valence-corrected chi connectivity index (χ3v) is 3.92. The molecule has 0 bridgehead atoms. The van der Waals surface area contributed by atoms with Crippen LogP contribution in [-0.4, -0.2) is 25.1 Å². The molecule has 110 valence electrons. The van der Waals surface area contributed by atoms with Gasteiger partial charge in [0.1, 0.15) is 0 Å². The zero-order valence-corrected chi connectivity index (χ0v) is 13.2. The average Bonchev–Trinajstić information content (AvgIpc) is 3.08. The number of guanidine groups is 1.